The molecule has 2 saturated heterocycles. The maximum atomic E-state index is 13.6. The van der Waals surface area contributed by atoms with E-state index in [0.29, 0.717) is 5.75 Å². The van der Waals surface area contributed by atoms with Crippen LogP contribution in [-0.4, -0.2) is 52.6 Å². The molecule has 2 aliphatic heterocycles. The van der Waals surface area contributed by atoms with Gasteiger partial charge in [-0.05, 0) is 16.7 Å². The standard InChI is InChI=1S/C28H25ClN2O3S/c29-17-28(27(33)34-24(21-12-6-2-7-13-21)22-14-8-3-9-15-22)18-31-25(32)23(26(31)35-19-28)30-16-20-10-4-1-5-11-20/h1-16,23-24,26H,17-19H2/t23?,26-,28?/m1/s1. The van der Waals surface area contributed by atoms with Gasteiger partial charge in [-0.25, -0.2) is 0 Å². The molecule has 2 fully saturated rings. The van der Waals surface area contributed by atoms with Gasteiger partial charge in [0.1, 0.15) is 10.8 Å². The predicted molar refractivity (Wildman–Crippen MR) is 140 cm³/mol. The highest BCUT2D eigenvalue weighted by Crippen LogP contribution is 2.45. The van der Waals surface area contributed by atoms with Crippen LogP contribution in [0.4, 0.5) is 0 Å². The zero-order valence-electron chi connectivity index (χ0n) is 19.0. The van der Waals surface area contributed by atoms with Gasteiger partial charge in [0, 0.05) is 24.4 Å². The van der Waals surface area contributed by atoms with Crippen LogP contribution in [0.3, 0.4) is 0 Å². The Bertz CT molecular complexity index is 1170. The molecule has 0 aliphatic carbocycles. The lowest BCUT2D eigenvalue weighted by molar-refractivity contribution is -0.163. The number of hydrogen-bond acceptors (Lipinski definition) is 5. The maximum absolute atomic E-state index is 13.6. The lowest BCUT2D eigenvalue weighted by Crippen LogP contribution is -2.69. The molecule has 5 nitrogen and oxygen atoms in total. The van der Waals surface area contributed by atoms with Crippen molar-refractivity contribution in [2.24, 2.45) is 10.4 Å². The molecule has 0 spiro atoms. The Labute approximate surface area is 214 Å². The van der Waals surface area contributed by atoms with Crippen LogP contribution in [0.2, 0.25) is 0 Å². The molecule has 3 atom stereocenters. The lowest BCUT2D eigenvalue weighted by Gasteiger charge is -2.52. The van der Waals surface area contributed by atoms with Gasteiger partial charge in [-0.3, -0.25) is 14.6 Å². The van der Waals surface area contributed by atoms with Crippen molar-refractivity contribution in [1.29, 1.82) is 0 Å². The van der Waals surface area contributed by atoms with Crippen LogP contribution in [0.5, 0.6) is 0 Å². The first-order valence-electron chi connectivity index (χ1n) is 11.5. The normalized spacial score (nSPS) is 23.7. The topological polar surface area (TPSA) is 59.0 Å². The number of amides is 1. The summed E-state index contributed by atoms with van der Waals surface area (Å²) in [6, 6.07) is 28.6. The van der Waals surface area contributed by atoms with Gasteiger partial charge >= 0.3 is 5.97 Å². The number of rotatable bonds is 7. The number of ether oxygens (including phenoxy) is 1. The third kappa shape index (κ3) is 4.73. The molecule has 178 valence electrons. The molecule has 0 aromatic heterocycles. The van der Waals surface area contributed by atoms with E-state index >= 15 is 0 Å². The predicted octanol–water partition coefficient (Wildman–Crippen LogP) is 4.95. The van der Waals surface area contributed by atoms with Crippen molar-refractivity contribution in [3.63, 3.8) is 0 Å². The third-order valence-corrected chi connectivity index (χ3v) is 8.50. The minimum absolute atomic E-state index is 0.0730. The number of carbonyl (C=O) groups is 2. The molecule has 3 aromatic rings. The second-order valence-electron chi connectivity index (χ2n) is 8.82. The highest BCUT2D eigenvalue weighted by Gasteiger charge is 2.57. The van der Waals surface area contributed by atoms with E-state index in [4.69, 9.17) is 16.3 Å². The monoisotopic (exact) mass is 504 g/mol. The van der Waals surface area contributed by atoms with Gasteiger partial charge in [-0.2, -0.15) is 0 Å². The number of benzene rings is 3. The van der Waals surface area contributed by atoms with Gasteiger partial charge in [0.2, 0.25) is 0 Å². The van der Waals surface area contributed by atoms with Crippen molar-refractivity contribution in [1.82, 2.24) is 4.90 Å². The summed E-state index contributed by atoms with van der Waals surface area (Å²) in [6.45, 7) is 0.236. The molecular formula is C28H25ClN2O3S. The Morgan fingerprint density at radius 1 is 1.03 bits per heavy atom. The first kappa shape index (κ1) is 23.6. The number of esters is 1. The highest BCUT2D eigenvalue weighted by molar-refractivity contribution is 8.00. The molecule has 35 heavy (non-hydrogen) atoms. The van der Waals surface area contributed by atoms with Gasteiger partial charge in [0.15, 0.2) is 12.1 Å². The number of thioether (sulfide) groups is 1. The Hall–Kier alpha value is -3.09. The average molecular weight is 505 g/mol. The number of alkyl halides is 1. The van der Waals surface area contributed by atoms with Crippen molar-refractivity contribution in [2.75, 3.05) is 18.2 Å². The van der Waals surface area contributed by atoms with Crippen LogP contribution in [0.15, 0.2) is 96.0 Å². The second-order valence-corrected chi connectivity index (χ2v) is 10.2. The van der Waals surface area contributed by atoms with E-state index in [-0.39, 0.29) is 29.7 Å². The molecule has 7 heteroatoms. The fourth-order valence-corrected chi connectivity index (χ4v) is 6.32. The minimum atomic E-state index is -0.978. The van der Waals surface area contributed by atoms with Gasteiger partial charge in [0.25, 0.3) is 5.91 Å². The van der Waals surface area contributed by atoms with E-state index in [0.717, 1.165) is 16.7 Å². The maximum Gasteiger partial charge on any atom is 0.316 e. The summed E-state index contributed by atoms with van der Waals surface area (Å²) in [5.41, 5.74) is 1.74. The molecule has 2 unspecified atom stereocenters. The Morgan fingerprint density at radius 2 is 1.60 bits per heavy atom. The first-order chi connectivity index (χ1) is 17.1. The number of aliphatic imine (C=N–C) groups is 1. The molecule has 2 heterocycles. The number of β-lactam (4-membered cyclic amide) rings is 1. The summed E-state index contributed by atoms with van der Waals surface area (Å²) >= 11 is 7.93. The molecule has 2 aliphatic rings. The van der Waals surface area contributed by atoms with E-state index in [2.05, 4.69) is 4.99 Å². The largest absolute Gasteiger partial charge is 0.452 e. The number of carbonyl (C=O) groups excluding carboxylic acids is 2. The van der Waals surface area contributed by atoms with Crippen molar-refractivity contribution in [3.05, 3.63) is 108 Å². The van der Waals surface area contributed by atoms with Crippen molar-refractivity contribution in [2.45, 2.75) is 17.5 Å². The summed E-state index contributed by atoms with van der Waals surface area (Å²) < 4.78 is 6.13. The van der Waals surface area contributed by atoms with Crippen LogP contribution in [0.1, 0.15) is 22.8 Å². The van der Waals surface area contributed by atoms with Crippen LogP contribution >= 0.6 is 23.4 Å². The minimum Gasteiger partial charge on any atom is -0.452 e. The van der Waals surface area contributed by atoms with Crippen molar-refractivity contribution < 1.29 is 14.3 Å². The average Bonchev–Trinajstić information content (AvgIpc) is 2.93. The van der Waals surface area contributed by atoms with E-state index in [1.165, 1.54) is 0 Å². The van der Waals surface area contributed by atoms with Crippen LogP contribution in [0.25, 0.3) is 0 Å². The SMILES string of the molecule is O=C1C(N=Cc2ccccc2)[C@H]2SCC(CCl)(C(=O)OC(c3ccccc3)c3ccccc3)CN12. The first-order valence-corrected chi connectivity index (χ1v) is 13.1. The molecule has 0 saturated carbocycles. The van der Waals surface area contributed by atoms with Crippen molar-refractivity contribution in [3.8, 4) is 0 Å². The van der Waals surface area contributed by atoms with Gasteiger partial charge in [0.05, 0.1) is 0 Å². The molecule has 0 bridgehead atoms. The molecule has 5 rings (SSSR count). The zero-order valence-corrected chi connectivity index (χ0v) is 20.6. The summed E-state index contributed by atoms with van der Waals surface area (Å²) in [7, 11) is 0. The number of halogens is 1. The van der Waals surface area contributed by atoms with E-state index in [1.54, 1.807) is 22.9 Å². The number of nitrogens with zero attached hydrogens (tertiary/aromatic N) is 2. The smallest absolute Gasteiger partial charge is 0.316 e. The zero-order chi connectivity index (χ0) is 24.3. The van der Waals surface area contributed by atoms with Crippen LogP contribution in [-0.2, 0) is 14.3 Å². The number of hydrogen-bond donors (Lipinski definition) is 0. The Kier molecular flexibility index (Phi) is 6.93. The molecule has 1 amide bonds. The fourth-order valence-electron chi connectivity index (χ4n) is 4.39. The molecular weight excluding hydrogens is 480 g/mol. The summed E-state index contributed by atoms with van der Waals surface area (Å²) in [6.07, 6.45) is 1.19. The summed E-state index contributed by atoms with van der Waals surface area (Å²) in [4.78, 5) is 32.7. The highest BCUT2D eigenvalue weighted by atomic mass is 35.5. The Morgan fingerprint density at radius 3 is 2.17 bits per heavy atom. The van der Waals surface area contributed by atoms with E-state index < -0.39 is 17.6 Å². The van der Waals surface area contributed by atoms with E-state index in [1.807, 2.05) is 91.0 Å². The van der Waals surface area contributed by atoms with Crippen LogP contribution < -0.4 is 0 Å². The van der Waals surface area contributed by atoms with Crippen LogP contribution in [0, 0.1) is 5.41 Å². The third-order valence-electron chi connectivity index (χ3n) is 6.42. The molecule has 0 N–H and O–H groups in total. The van der Waals surface area contributed by atoms with Crippen molar-refractivity contribution >= 4 is 41.5 Å². The Balaban J connectivity index is 1.32. The fraction of sp³-hybridized carbons (Fsp3) is 0.250. The second kappa shape index (κ2) is 10.3. The summed E-state index contributed by atoms with van der Waals surface area (Å²) in [5, 5.41) is -0.0920. The van der Waals surface area contributed by atoms with E-state index in [9.17, 15) is 9.59 Å². The lowest BCUT2D eigenvalue weighted by atomic mass is 9.89. The molecule has 0 radical (unpaired) electrons. The van der Waals surface area contributed by atoms with Gasteiger partial charge in [-0.15, -0.1) is 23.4 Å². The number of fused-ring (bicyclic) bond motifs is 1. The van der Waals surface area contributed by atoms with Gasteiger partial charge < -0.3 is 9.64 Å². The quantitative estimate of drug-likeness (QED) is 0.198. The molecule has 3 aromatic carbocycles. The summed E-state index contributed by atoms with van der Waals surface area (Å²) in [5.74, 6) is 0.0700. The van der Waals surface area contributed by atoms with Gasteiger partial charge in [-0.1, -0.05) is 91.0 Å².